The third-order valence-electron chi connectivity index (χ3n) is 3.57. The van der Waals surface area contributed by atoms with Gasteiger partial charge in [0, 0.05) is 17.5 Å². The highest BCUT2D eigenvalue weighted by Gasteiger charge is 2.23. The number of rotatable bonds is 8. The van der Waals surface area contributed by atoms with Gasteiger partial charge in [-0.25, -0.2) is 0 Å². The Morgan fingerprint density at radius 2 is 2.00 bits per heavy atom. The van der Waals surface area contributed by atoms with Crippen LogP contribution in [-0.4, -0.2) is 39.5 Å². The van der Waals surface area contributed by atoms with Crippen LogP contribution in [0.15, 0.2) is 48.7 Å². The van der Waals surface area contributed by atoms with Crippen LogP contribution in [0.1, 0.15) is 34.6 Å². The van der Waals surface area contributed by atoms with Gasteiger partial charge < -0.3 is 15.5 Å². The van der Waals surface area contributed by atoms with Gasteiger partial charge in [-0.1, -0.05) is 25.1 Å². The topological polar surface area (TPSA) is 82.5 Å². The highest BCUT2D eigenvalue weighted by Crippen LogP contribution is 2.16. The third-order valence-corrected chi connectivity index (χ3v) is 4.52. The van der Waals surface area contributed by atoms with Gasteiger partial charge in [-0.15, -0.1) is 0 Å². The monoisotopic (exact) mass is 346 g/mol. The van der Waals surface area contributed by atoms with Crippen LogP contribution in [0, 0.1) is 0 Å². The standard InChI is InChI=1S/C18H22N2O3S/c1-2-24-12-13-6-8-14(9-7-13)18(23)20-16(11-21)17(22)15-5-3-4-10-19-15/h3-10,16-17,21-22H,2,11-12H2,1H3,(H,20,23)/t16-,17+/m1/s1. The van der Waals surface area contributed by atoms with Crippen LogP contribution in [0.4, 0.5) is 0 Å². The van der Waals surface area contributed by atoms with Gasteiger partial charge in [-0.2, -0.15) is 11.8 Å². The molecule has 0 bridgehead atoms. The summed E-state index contributed by atoms with van der Waals surface area (Å²) in [6.07, 6.45) is 0.488. The minimum atomic E-state index is -1.07. The molecule has 24 heavy (non-hydrogen) atoms. The Morgan fingerprint density at radius 3 is 2.58 bits per heavy atom. The third kappa shape index (κ3) is 5.06. The summed E-state index contributed by atoms with van der Waals surface area (Å²) in [4.78, 5) is 16.4. The molecule has 128 valence electrons. The lowest BCUT2D eigenvalue weighted by molar-refractivity contribution is 0.0688. The number of carbonyl (C=O) groups excluding carboxylic acids is 1. The van der Waals surface area contributed by atoms with E-state index in [1.165, 1.54) is 0 Å². The number of benzene rings is 1. The van der Waals surface area contributed by atoms with Crippen molar-refractivity contribution in [3.8, 4) is 0 Å². The molecule has 0 saturated heterocycles. The molecule has 2 aromatic rings. The van der Waals surface area contributed by atoms with E-state index in [2.05, 4.69) is 17.2 Å². The number of aliphatic hydroxyl groups excluding tert-OH is 2. The molecule has 0 aliphatic heterocycles. The predicted octanol–water partition coefficient (Wildman–Crippen LogP) is 2.16. The Bertz CT molecular complexity index is 634. The van der Waals surface area contributed by atoms with Crippen LogP contribution in [0.3, 0.4) is 0 Å². The Morgan fingerprint density at radius 1 is 1.25 bits per heavy atom. The number of hydrogen-bond donors (Lipinski definition) is 3. The van der Waals surface area contributed by atoms with Gasteiger partial charge >= 0.3 is 0 Å². The zero-order valence-corrected chi connectivity index (χ0v) is 14.4. The number of carbonyl (C=O) groups is 1. The van der Waals surface area contributed by atoms with Crippen LogP contribution < -0.4 is 5.32 Å². The molecule has 0 fully saturated rings. The lowest BCUT2D eigenvalue weighted by Crippen LogP contribution is -2.42. The van der Waals surface area contributed by atoms with Crippen LogP contribution >= 0.6 is 11.8 Å². The minimum Gasteiger partial charge on any atom is -0.394 e. The molecule has 0 saturated carbocycles. The van der Waals surface area contributed by atoms with Gasteiger partial charge in [0.05, 0.1) is 18.3 Å². The number of aliphatic hydroxyl groups is 2. The van der Waals surface area contributed by atoms with Crippen molar-refractivity contribution in [1.29, 1.82) is 0 Å². The largest absolute Gasteiger partial charge is 0.394 e. The number of hydrogen-bond acceptors (Lipinski definition) is 5. The fourth-order valence-corrected chi connectivity index (χ4v) is 2.84. The molecular weight excluding hydrogens is 324 g/mol. The van der Waals surface area contributed by atoms with Gasteiger partial charge in [0.2, 0.25) is 0 Å². The number of amides is 1. The Balaban J connectivity index is 2.01. The quantitative estimate of drug-likeness (QED) is 0.682. The van der Waals surface area contributed by atoms with Gasteiger partial charge in [-0.05, 0) is 35.6 Å². The lowest BCUT2D eigenvalue weighted by atomic mass is 10.1. The summed E-state index contributed by atoms with van der Waals surface area (Å²) in [6.45, 7) is 1.73. The first-order valence-electron chi connectivity index (χ1n) is 7.83. The first-order valence-corrected chi connectivity index (χ1v) is 8.98. The fraction of sp³-hybridized carbons (Fsp3) is 0.333. The van der Waals surface area contributed by atoms with Gasteiger partial charge in [0.1, 0.15) is 6.10 Å². The molecule has 0 unspecified atom stereocenters. The van der Waals surface area contributed by atoms with E-state index in [0.717, 1.165) is 17.1 Å². The molecule has 0 radical (unpaired) electrons. The van der Waals surface area contributed by atoms with E-state index in [1.807, 2.05) is 23.9 Å². The van der Waals surface area contributed by atoms with Crippen LogP contribution in [0.2, 0.25) is 0 Å². The SMILES string of the molecule is CCSCc1ccc(C(=O)N[C@H](CO)[C@@H](O)c2ccccn2)cc1. The molecule has 0 aliphatic carbocycles. The smallest absolute Gasteiger partial charge is 0.251 e. The maximum absolute atomic E-state index is 12.3. The highest BCUT2D eigenvalue weighted by molar-refractivity contribution is 7.98. The summed E-state index contributed by atoms with van der Waals surface area (Å²) >= 11 is 1.82. The predicted molar refractivity (Wildman–Crippen MR) is 95.8 cm³/mol. The molecule has 2 rings (SSSR count). The Kier molecular flexibility index (Phi) is 7.24. The molecule has 3 N–H and O–H groups in total. The highest BCUT2D eigenvalue weighted by atomic mass is 32.2. The van der Waals surface area contributed by atoms with E-state index < -0.39 is 12.1 Å². The second kappa shape index (κ2) is 9.42. The molecule has 6 heteroatoms. The first-order chi connectivity index (χ1) is 11.7. The number of thioether (sulfide) groups is 1. The first kappa shape index (κ1) is 18.4. The van der Waals surface area contributed by atoms with E-state index in [4.69, 9.17) is 0 Å². The van der Waals surface area contributed by atoms with E-state index in [0.29, 0.717) is 11.3 Å². The number of pyridine rings is 1. The van der Waals surface area contributed by atoms with E-state index >= 15 is 0 Å². The average molecular weight is 346 g/mol. The number of nitrogens with zero attached hydrogens (tertiary/aromatic N) is 1. The summed E-state index contributed by atoms with van der Waals surface area (Å²) in [7, 11) is 0. The summed E-state index contributed by atoms with van der Waals surface area (Å²) in [6, 6.07) is 11.7. The minimum absolute atomic E-state index is 0.335. The zero-order valence-electron chi connectivity index (χ0n) is 13.6. The number of aromatic nitrogens is 1. The van der Waals surface area contributed by atoms with Gasteiger partial charge in [0.15, 0.2) is 0 Å². The second-order valence-corrected chi connectivity index (χ2v) is 6.57. The summed E-state index contributed by atoms with van der Waals surface area (Å²) in [5, 5.41) is 22.4. The van der Waals surface area contributed by atoms with Crippen molar-refractivity contribution >= 4 is 17.7 Å². The molecule has 1 aromatic heterocycles. The molecule has 1 heterocycles. The van der Waals surface area contributed by atoms with Gasteiger partial charge in [0.25, 0.3) is 5.91 Å². The average Bonchev–Trinajstić information content (AvgIpc) is 2.64. The maximum Gasteiger partial charge on any atom is 0.251 e. The summed E-state index contributed by atoms with van der Waals surface area (Å²) in [5.74, 6) is 1.63. The van der Waals surface area contributed by atoms with Crippen molar-refractivity contribution in [1.82, 2.24) is 10.3 Å². The van der Waals surface area contributed by atoms with Crippen molar-refractivity contribution in [2.75, 3.05) is 12.4 Å². The van der Waals surface area contributed by atoms with E-state index in [-0.39, 0.29) is 12.5 Å². The van der Waals surface area contributed by atoms with Crippen molar-refractivity contribution in [2.24, 2.45) is 0 Å². The normalized spacial score (nSPS) is 13.3. The van der Waals surface area contributed by atoms with Crippen molar-refractivity contribution < 1.29 is 15.0 Å². The zero-order chi connectivity index (χ0) is 17.4. The molecule has 1 aromatic carbocycles. The molecule has 2 atom stereocenters. The fourth-order valence-electron chi connectivity index (χ4n) is 2.21. The van der Waals surface area contributed by atoms with Crippen LogP contribution in [0.5, 0.6) is 0 Å². The summed E-state index contributed by atoms with van der Waals surface area (Å²) < 4.78 is 0. The van der Waals surface area contributed by atoms with Crippen molar-refractivity contribution in [3.63, 3.8) is 0 Å². The molecule has 0 aliphatic rings. The maximum atomic E-state index is 12.3. The van der Waals surface area contributed by atoms with Gasteiger partial charge in [-0.3, -0.25) is 9.78 Å². The molecule has 5 nitrogen and oxygen atoms in total. The Hall–Kier alpha value is -1.89. The van der Waals surface area contributed by atoms with E-state index in [1.54, 1.807) is 36.5 Å². The van der Waals surface area contributed by atoms with Crippen molar-refractivity contribution in [2.45, 2.75) is 24.8 Å². The van der Waals surface area contributed by atoms with E-state index in [9.17, 15) is 15.0 Å². The molecule has 1 amide bonds. The van der Waals surface area contributed by atoms with Crippen molar-refractivity contribution in [3.05, 3.63) is 65.5 Å². The lowest BCUT2D eigenvalue weighted by Gasteiger charge is -2.22. The van der Waals surface area contributed by atoms with Crippen LogP contribution in [0.25, 0.3) is 0 Å². The summed E-state index contributed by atoms with van der Waals surface area (Å²) in [5.41, 5.74) is 2.06. The molecular formula is C18H22N2O3S. The second-order valence-electron chi connectivity index (χ2n) is 5.30. The van der Waals surface area contributed by atoms with Crippen LogP contribution in [-0.2, 0) is 5.75 Å². The molecule has 0 spiro atoms. The number of nitrogens with one attached hydrogen (secondary N) is 1. The Labute approximate surface area is 146 Å².